The molecule has 4 rings (SSSR count). The Bertz CT molecular complexity index is 1080. The first-order valence-corrected chi connectivity index (χ1v) is 8.25. The lowest BCUT2D eigenvalue weighted by molar-refractivity contribution is 0.398. The van der Waals surface area contributed by atoms with E-state index < -0.39 is 0 Å². The maximum Gasteiger partial charge on any atom is 0.258 e. The average molecular weight is 343 g/mol. The SMILES string of the molecule is COc1nc2ccccc2cc1/C=C/c1noc(-c2ccc(C)cc2)n1. The number of benzene rings is 2. The van der Waals surface area contributed by atoms with Gasteiger partial charge in [-0.2, -0.15) is 4.98 Å². The molecule has 26 heavy (non-hydrogen) atoms. The van der Waals surface area contributed by atoms with Crippen molar-refractivity contribution in [3.63, 3.8) is 0 Å². The van der Waals surface area contributed by atoms with Crippen molar-refractivity contribution in [3.8, 4) is 17.3 Å². The lowest BCUT2D eigenvalue weighted by atomic mass is 10.1. The number of fused-ring (bicyclic) bond motifs is 1. The van der Waals surface area contributed by atoms with Crippen LogP contribution in [0.4, 0.5) is 0 Å². The number of para-hydroxylation sites is 1. The Morgan fingerprint density at radius 2 is 1.77 bits per heavy atom. The van der Waals surface area contributed by atoms with Crippen molar-refractivity contribution in [2.75, 3.05) is 7.11 Å². The third kappa shape index (κ3) is 3.19. The number of nitrogens with zero attached hydrogens (tertiary/aromatic N) is 3. The molecule has 2 heterocycles. The Hall–Kier alpha value is -3.47. The fourth-order valence-electron chi connectivity index (χ4n) is 2.68. The van der Waals surface area contributed by atoms with Gasteiger partial charge in [-0.25, -0.2) is 4.98 Å². The molecule has 0 spiro atoms. The first-order valence-electron chi connectivity index (χ1n) is 8.25. The van der Waals surface area contributed by atoms with Gasteiger partial charge in [0.05, 0.1) is 12.6 Å². The van der Waals surface area contributed by atoms with E-state index in [0.717, 1.165) is 22.0 Å². The Morgan fingerprint density at radius 3 is 2.58 bits per heavy atom. The second-order valence-corrected chi connectivity index (χ2v) is 5.94. The third-order valence-electron chi connectivity index (χ3n) is 4.06. The fraction of sp³-hybridized carbons (Fsp3) is 0.0952. The van der Waals surface area contributed by atoms with Crippen LogP contribution in [0.3, 0.4) is 0 Å². The molecule has 0 aliphatic carbocycles. The Labute approximate surface area is 151 Å². The Balaban J connectivity index is 1.64. The predicted octanol–water partition coefficient (Wildman–Crippen LogP) is 4.77. The van der Waals surface area contributed by atoms with Crippen LogP contribution < -0.4 is 4.74 Å². The van der Waals surface area contributed by atoms with Crippen LogP contribution in [0.15, 0.2) is 59.1 Å². The molecule has 0 radical (unpaired) electrons. The summed E-state index contributed by atoms with van der Waals surface area (Å²) in [6.07, 6.45) is 3.66. The number of aryl methyl sites for hydroxylation is 1. The molecule has 0 saturated carbocycles. The topological polar surface area (TPSA) is 61.0 Å². The van der Waals surface area contributed by atoms with Crippen molar-refractivity contribution >= 4 is 23.1 Å². The first-order chi connectivity index (χ1) is 12.7. The summed E-state index contributed by atoms with van der Waals surface area (Å²) in [5, 5.41) is 5.06. The van der Waals surface area contributed by atoms with Gasteiger partial charge in [-0.3, -0.25) is 0 Å². The highest BCUT2D eigenvalue weighted by Crippen LogP contribution is 2.24. The van der Waals surface area contributed by atoms with Gasteiger partial charge in [-0.05, 0) is 43.3 Å². The minimum atomic E-state index is 0.494. The van der Waals surface area contributed by atoms with Gasteiger partial charge in [-0.1, -0.05) is 41.1 Å². The Kier molecular flexibility index (Phi) is 4.19. The summed E-state index contributed by atoms with van der Waals surface area (Å²) in [7, 11) is 1.61. The number of aromatic nitrogens is 3. The summed E-state index contributed by atoms with van der Waals surface area (Å²) in [6, 6.07) is 17.9. The van der Waals surface area contributed by atoms with Crippen molar-refractivity contribution in [2.45, 2.75) is 6.92 Å². The zero-order valence-electron chi connectivity index (χ0n) is 14.5. The molecule has 0 amide bonds. The highest BCUT2D eigenvalue weighted by molar-refractivity contribution is 5.84. The van der Waals surface area contributed by atoms with Crippen LogP contribution in [0.2, 0.25) is 0 Å². The summed E-state index contributed by atoms with van der Waals surface area (Å²) in [4.78, 5) is 8.95. The molecular formula is C21H17N3O2. The molecule has 5 heteroatoms. The van der Waals surface area contributed by atoms with E-state index in [-0.39, 0.29) is 0 Å². The van der Waals surface area contributed by atoms with Crippen molar-refractivity contribution in [2.24, 2.45) is 0 Å². The van der Waals surface area contributed by atoms with Crippen LogP contribution >= 0.6 is 0 Å². The predicted molar refractivity (Wildman–Crippen MR) is 102 cm³/mol. The normalized spacial score (nSPS) is 11.3. The van der Waals surface area contributed by atoms with Crippen LogP contribution in [0.5, 0.6) is 5.88 Å². The minimum absolute atomic E-state index is 0.494. The molecule has 0 N–H and O–H groups in total. The second kappa shape index (κ2) is 6.80. The highest BCUT2D eigenvalue weighted by atomic mass is 16.5. The molecule has 0 unspecified atom stereocenters. The zero-order valence-corrected chi connectivity index (χ0v) is 14.5. The van der Waals surface area contributed by atoms with Gasteiger partial charge < -0.3 is 9.26 Å². The van der Waals surface area contributed by atoms with E-state index in [1.54, 1.807) is 13.2 Å². The number of ether oxygens (including phenoxy) is 1. The second-order valence-electron chi connectivity index (χ2n) is 5.94. The van der Waals surface area contributed by atoms with Gasteiger partial charge in [0.15, 0.2) is 5.82 Å². The van der Waals surface area contributed by atoms with Crippen LogP contribution in [0, 0.1) is 6.92 Å². The molecule has 0 atom stereocenters. The summed E-state index contributed by atoms with van der Waals surface area (Å²) in [6.45, 7) is 2.04. The molecule has 2 aromatic heterocycles. The van der Waals surface area contributed by atoms with Crippen LogP contribution in [0.25, 0.3) is 34.5 Å². The Morgan fingerprint density at radius 1 is 0.962 bits per heavy atom. The molecular weight excluding hydrogens is 326 g/mol. The third-order valence-corrected chi connectivity index (χ3v) is 4.06. The number of pyridine rings is 1. The maximum atomic E-state index is 5.40. The van der Waals surface area contributed by atoms with E-state index in [0.29, 0.717) is 17.6 Å². The van der Waals surface area contributed by atoms with E-state index >= 15 is 0 Å². The summed E-state index contributed by atoms with van der Waals surface area (Å²) in [5.74, 6) is 1.55. The van der Waals surface area contributed by atoms with Crippen molar-refractivity contribution < 1.29 is 9.26 Å². The number of hydrogen-bond donors (Lipinski definition) is 0. The molecule has 0 saturated heterocycles. The van der Waals surface area contributed by atoms with Crippen LogP contribution in [-0.2, 0) is 0 Å². The maximum absolute atomic E-state index is 5.40. The molecule has 0 aliphatic heterocycles. The molecule has 5 nitrogen and oxygen atoms in total. The first kappa shape index (κ1) is 16.0. The molecule has 4 aromatic rings. The molecule has 0 aliphatic rings. The van der Waals surface area contributed by atoms with Gasteiger partial charge in [0.2, 0.25) is 5.88 Å². The van der Waals surface area contributed by atoms with Gasteiger partial charge in [0.1, 0.15) is 0 Å². The smallest absolute Gasteiger partial charge is 0.258 e. The van der Waals surface area contributed by atoms with E-state index in [9.17, 15) is 0 Å². The minimum Gasteiger partial charge on any atom is -0.481 e. The monoisotopic (exact) mass is 343 g/mol. The van der Waals surface area contributed by atoms with Gasteiger partial charge in [0.25, 0.3) is 5.89 Å². The lowest BCUT2D eigenvalue weighted by Crippen LogP contribution is -1.92. The van der Waals surface area contributed by atoms with E-state index in [1.807, 2.05) is 67.6 Å². The zero-order chi connectivity index (χ0) is 17.9. The average Bonchev–Trinajstić information content (AvgIpc) is 3.15. The molecule has 2 aromatic carbocycles. The molecule has 0 fully saturated rings. The molecule has 0 bridgehead atoms. The summed E-state index contributed by atoms with van der Waals surface area (Å²) in [5.41, 5.74) is 3.83. The van der Waals surface area contributed by atoms with Gasteiger partial charge >= 0.3 is 0 Å². The van der Waals surface area contributed by atoms with Gasteiger partial charge in [-0.15, -0.1) is 0 Å². The number of methoxy groups -OCH3 is 1. The van der Waals surface area contributed by atoms with E-state index in [1.165, 1.54) is 5.56 Å². The van der Waals surface area contributed by atoms with Gasteiger partial charge in [0, 0.05) is 16.5 Å². The highest BCUT2D eigenvalue weighted by Gasteiger charge is 2.08. The van der Waals surface area contributed by atoms with E-state index in [2.05, 4.69) is 15.1 Å². The van der Waals surface area contributed by atoms with Crippen LogP contribution in [-0.4, -0.2) is 22.2 Å². The number of hydrogen-bond acceptors (Lipinski definition) is 5. The van der Waals surface area contributed by atoms with E-state index in [4.69, 9.17) is 9.26 Å². The van der Waals surface area contributed by atoms with Crippen molar-refractivity contribution in [1.29, 1.82) is 0 Å². The molecule has 128 valence electrons. The largest absolute Gasteiger partial charge is 0.481 e. The van der Waals surface area contributed by atoms with Crippen LogP contribution in [0.1, 0.15) is 17.0 Å². The fourth-order valence-corrected chi connectivity index (χ4v) is 2.68. The summed E-state index contributed by atoms with van der Waals surface area (Å²) >= 11 is 0. The van der Waals surface area contributed by atoms with Crippen molar-refractivity contribution in [3.05, 3.63) is 71.5 Å². The standard InChI is InChI=1S/C21H17N3O2/c1-14-7-9-15(10-8-14)21-23-19(24-26-21)12-11-17-13-16-5-3-4-6-18(16)22-20(17)25-2/h3-13H,1-2H3/b12-11+. The quantitative estimate of drug-likeness (QED) is 0.534. The number of rotatable bonds is 4. The lowest BCUT2D eigenvalue weighted by Gasteiger charge is -2.05. The summed E-state index contributed by atoms with van der Waals surface area (Å²) < 4.78 is 10.7. The van der Waals surface area contributed by atoms with Crippen molar-refractivity contribution in [1.82, 2.24) is 15.1 Å².